The van der Waals surface area contributed by atoms with Gasteiger partial charge >= 0.3 is 0 Å². The van der Waals surface area contributed by atoms with Crippen LogP contribution in [0.3, 0.4) is 0 Å². The molecule has 1 amide bonds. The lowest BCUT2D eigenvalue weighted by molar-refractivity contribution is 0.102. The number of carbonyl (C=O) groups is 1. The number of carbonyl (C=O) groups excluding carboxylic acids is 1. The van der Waals surface area contributed by atoms with E-state index in [9.17, 15) is 4.79 Å². The minimum Gasteiger partial charge on any atom is -0.497 e. The van der Waals surface area contributed by atoms with Gasteiger partial charge in [-0.3, -0.25) is 10.1 Å². The van der Waals surface area contributed by atoms with Crippen LogP contribution in [-0.4, -0.2) is 18.0 Å². The van der Waals surface area contributed by atoms with E-state index in [2.05, 4.69) is 23.3 Å². The number of para-hydroxylation sites is 1. The number of fused-ring (bicyclic) bond motifs is 1. The number of benzene rings is 2. The highest BCUT2D eigenvalue weighted by atomic mass is 32.1. The van der Waals surface area contributed by atoms with Gasteiger partial charge in [0.25, 0.3) is 5.91 Å². The van der Waals surface area contributed by atoms with Crippen LogP contribution in [0.2, 0.25) is 0 Å². The number of ether oxygens (including phenoxy) is 1. The summed E-state index contributed by atoms with van der Waals surface area (Å²) in [4.78, 5) is 16.8. The third kappa shape index (κ3) is 2.80. The maximum Gasteiger partial charge on any atom is 0.257 e. The molecule has 3 rings (SSSR count). The molecular weight excluding hydrogens is 296 g/mol. The Morgan fingerprint density at radius 1 is 1.23 bits per heavy atom. The number of aryl methyl sites for hydroxylation is 1. The molecule has 3 aromatic rings. The fraction of sp³-hybridized carbons (Fsp3) is 0.176. The Balaban J connectivity index is 1.84. The lowest BCUT2D eigenvalue weighted by Gasteiger charge is -2.03. The number of hydrogen-bond donors (Lipinski definition) is 1. The highest BCUT2D eigenvalue weighted by Crippen LogP contribution is 2.28. The number of hydrogen-bond acceptors (Lipinski definition) is 4. The fourth-order valence-electron chi connectivity index (χ4n) is 2.26. The van der Waals surface area contributed by atoms with Crippen molar-refractivity contribution in [2.24, 2.45) is 0 Å². The molecular formula is C17H16N2O2S. The molecule has 1 aromatic heterocycles. The highest BCUT2D eigenvalue weighted by Gasteiger charge is 2.11. The molecule has 1 N–H and O–H groups in total. The summed E-state index contributed by atoms with van der Waals surface area (Å²) in [5.41, 5.74) is 2.74. The standard InChI is InChI=1S/C17H16N2O2S/c1-3-11-5-4-6-14-15(11)18-17(22-14)19-16(20)12-7-9-13(21-2)10-8-12/h4-10H,3H2,1-2H3,(H,18,19,20). The Hall–Kier alpha value is -2.40. The van der Waals surface area contributed by atoms with Crippen LogP contribution in [0.1, 0.15) is 22.8 Å². The molecule has 5 heteroatoms. The number of aromatic nitrogens is 1. The van der Waals surface area contributed by atoms with E-state index in [-0.39, 0.29) is 5.91 Å². The molecule has 0 atom stereocenters. The van der Waals surface area contributed by atoms with Crippen molar-refractivity contribution in [3.8, 4) is 5.75 Å². The minimum atomic E-state index is -0.167. The van der Waals surface area contributed by atoms with E-state index in [0.29, 0.717) is 10.7 Å². The van der Waals surface area contributed by atoms with E-state index in [1.807, 2.05) is 12.1 Å². The Kier molecular flexibility index (Phi) is 4.06. The second kappa shape index (κ2) is 6.15. The Labute approximate surface area is 132 Å². The predicted octanol–water partition coefficient (Wildman–Crippen LogP) is 4.12. The summed E-state index contributed by atoms with van der Waals surface area (Å²) in [6.07, 6.45) is 0.924. The van der Waals surface area contributed by atoms with Gasteiger partial charge in [0.15, 0.2) is 5.13 Å². The average Bonchev–Trinajstić information content (AvgIpc) is 2.97. The first kappa shape index (κ1) is 14.5. The summed E-state index contributed by atoms with van der Waals surface area (Å²) in [5, 5.41) is 3.49. The van der Waals surface area contributed by atoms with Crippen molar-refractivity contribution in [1.82, 2.24) is 4.98 Å². The van der Waals surface area contributed by atoms with Crippen molar-refractivity contribution in [1.29, 1.82) is 0 Å². The van der Waals surface area contributed by atoms with E-state index < -0.39 is 0 Å². The second-order valence-corrected chi connectivity index (χ2v) is 5.85. The van der Waals surface area contributed by atoms with Gasteiger partial charge in [0, 0.05) is 5.56 Å². The number of nitrogens with one attached hydrogen (secondary N) is 1. The summed E-state index contributed by atoms with van der Waals surface area (Å²) in [5.74, 6) is 0.559. The molecule has 2 aromatic carbocycles. The lowest BCUT2D eigenvalue weighted by atomic mass is 10.1. The zero-order chi connectivity index (χ0) is 15.5. The lowest BCUT2D eigenvalue weighted by Crippen LogP contribution is -2.11. The quantitative estimate of drug-likeness (QED) is 0.788. The molecule has 4 nitrogen and oxygen atoms in total. The SMILES string of the molecule is CCc1cccc2sc(NC(=O)c3ccc(OC)cc3)nc12. The number of anilines is 1. The highest BCUT2D eigenvalue weighted by molar-refractivity contribution is 7.22. The van der Waals surface area contributed by atoms with E-state index in [1.54, 1.807) is 31.4 Å². The molecule has 0 fully saturated rings. The van der Waals surface area contributed by atoms with Crippen LogP contribution < -0.4 is 10.1 Å². The summed E-state index contributed by atoms with van der Waals surface area (Å²) in [6, 6.07) is 13.1. The number of methoxy groups -OCH3 is 1. The molecule has 0 aliphatic carbocycles. The van der Waals surface area contributed by atoms with Gasteiger partial charge in [-0.2, -0.15) is 0 Å². The van der Waals surface area contributed by atoms with Crippen LogP contribution in [0.4, 0.5) is 5.13 Å². The minimum absolute atomic E-state index is 0.167. The number of amides is 1. The average molecular weight is 312 g/mol. The molecule has 0 spiro atoms. The first-order valence-electron chi connectivity index (χ1n) is 7.05. The number of thiazole rings is 1. The van der Waals surface area contributed by atoms with Crippen molar-refractivity contribution in [3.05, 3.63) is 53.6 Å². The Bertz CT molecular complexity index is 809. The fourth-order valence-corrected chi connectivity index (χ4v) is 3.16. The predicted molar refractivity (Wildman–Crippen MR) is 89.9 cm³/mol. The van der Waals surface area contributed by atoms with Crippen molar-refractivity contribution in [2.45, 2.75) is 13.3 Å². The zero-order valence-corrected chi connectivity index (χ0v) is 13.2. The normalized spacial score (nSPS) is 10.6. The molecule has 0 saturated heterocycles. The van der Waals surface area contributed by atoms with Crippen molar-refractivity contribution in [2.75, 3.05) is 12.4 Å². The largest absolute Gasteiger partial charge is 0.497 e. The van der Waals surface area contributed by atoms with Crippen LogP contribution in [0.15, 0.2) is 42.5 Å². The van der Waals surface area contributed by atoms with Gasteiger partial charge in [-0.1, -0.05) is 30.4 Å². The summed E-state index contributed by atoms with van der Waals surface area (Å²) in [6.45, 7) is 2.10. The van der Waals surface area contributed by atoms with Crippen LogP contribution >= 0.6 is 11.3 Å². The molecule has 0 unspecified atom stereocenters. The van der Waals surface area contributed by atoms with E-state index >= 15 is 0 Å². The van der Waals surface area contributed by atoms with Gasteiger partial charge in [0.2, 0.25) is 0 Å². The third-order valence-electron chi connectivity index (χ3n) is 3.46. The Morgan fingerprint density at radius 3 is 2.68 bits per heavy atom. The molecule has 0 aliphatic heterocycles. The molecule has 112 valence electrons. The second-order valence-electron chi connectivity index (χ2n) is 4.82. The zero-order valence-electron chi connectivity index (χ0n) is 12.4. The monoisotopic (exact) mass is 312 g/mol. The topological polar surface area (TPSA) is 51.2 Å². The van der Waals surface area contributed by atoms with Crippen molar-refractivity contribution < 1.29 is 9.53 Å². The molecule has 0 saturated carbocycles. The molecule has 1 heterocycles. The maximum atomic E-state index is 12.3. The first-order valence-corrected chi connectivity index (χ1v) is 7.86. The molecule has 0 bridgehead atoms. The summed E-state index contributed by atoms with van der Waals surface area (Å²) in [7, 11) is 1.60. The number of rotatable bonds is 4. The van der Waals surface area contributed by atoms with E-state index in [4.69, 9.17) is 4.74 Å². The third-order valence-corrected chi connectivity index (χ3v) is 4.39. The van der Waals surface area contributed by atoms with Gasteiger partial charge in [-0.05, 0) is 42.3 Å². The van der Waals surface area contributed by atoms with Gasteiger partial charge in [-0.25, -0.2) is 4.98 Å². The number of nitrogens with zero attached hydrogens (tertiary/aromatic N) is 1. The van der Waals surface area contributed by atoms with Crippen LogP contribution in [-0.2, 0) is 6.42 Å². The van der Waals surface area contributed by atoms with Crippen molar-refractivity contribution in [3.63, 3.8) is 0 Å². The van der Waals surface area contributed by atoms with E-state index in [0.717, 1.165) is 22.4 Å². The smallest absolute Gasteiger partial charge is 0.257 e. The molecule has 22 heavy (non-hydrogen) atoms. The summed E-state index contributed by atoms with van der Waals surface area (Å²) < 4.78 is 6.18. The Morgan fingerprint density at radius 2 is 2.00 bits per heavy atom. The van der Waals surface area contributed by atoms with Crippen LogP contribution in [0, 0.1) is 0 Å². The van der Waals surface area contributed by atoms with Crippen LogP contribution in [0.5, 0.6) is 5.75 Å². The van der Waals surface area contributed by atoms with Gasteiger partial charge < -0.3 is 4.74 Å². The first-order chi connectivity index (χ1) is 10.7. The van der Waals surface area contributed by atoms with Crippen molar-refractivity contribution >= 4 is 32.6 Å². The molecule has 0 aliphatic rings. The van der Waals surface area contributed by atoms with Crippen LogP contribution in [0.25, 0.3) is 10.2 Å². The molecule has 0 radical (unpaired) electrons. The van der Waals surface area contributed by atoms with Gasteiger partial charge in [-0.15, -0.1) is 0 Å². The summed E-state index contributed by atoms with van der Waals surface area (Å²) >= 11 is 1.49. The van der Waals surface area contributed by atoms with Gasteiger partial charge in [0.1, 0.15) is 5.75 Å². The van der Waals surface area contributed by atoms with Gasteiger partial charge in [0.05, 0.1) is 17.3 Å². The maximum absolute atomic E-state index is 12.3. The van der Waals surface area contributed by atoms with E-state index in [1.165, 1.54) is 16.9 Å².